The highest BCUT2D eigenvalue weighted by atomic mass is 79.9. The molecule has 1 aliphatic rings. The summed E-state index contributed by atoms with van der Waals surface area (Å²) in [6.07, 6.45) is 0.431. The Labute approximate surface area is 125 Å². The summed E-state index contributed by atoms with van der Waals surface area (Å²) < 4.78 is 5.96. The molecule has 1 aliphatic carbocycles. The Morgan fingerprint density at radius 3 is 2.65 bits per heavy atom. The molecule has 0 bridgehead atoms. The van der Waals surface area contributed by atoms with E-state index in [1.807, 2.05) is 25.1 Å². The smallest absolute Gasteiger partial charge is 0.307 e. The van der Waals surface area contributed by atoms with E-state index in [9.17, 15) is 9.59 Å². The van der Waals surface area contributed by atoms with Crippen molar-refractivity contribution in [1.82, 2.24) is 5.32 Å². The van der Waals surface area contributed by atoms with Gasteiger partial charge in [-0.3, -0.25) is 9.59 Å². The zero-order chi connectivity index (χ0) is 14.9. The molecule has 2 N–H and O–H groups in total. The van der Waals surface area contributed by atoms with Crippen molar-refractivity contribution >= 4 is 27.8 Å². The van der Waals surface area contributed by atoms with E-state index in [4.69, 9.17) is 9.84 Å². The Hall–Kier alpha value is -1.56. The first-order valence-electron chi connectivity index (χ1n) is 6.30. The first-order valence-corrected chi connectivity index (χ1v) is 7.10. The number of hydrogen-bond donors (Lipinski definition) is 2. The molecule has 2 rings (SSSR count). The predicted octanol–water partition coefficient (Wildman–Crippen LogP) is 2.36. The van der Waals surface area contributed by atoms with Crippen LogP contribution in [0.1, 0.15) is 24.9 Å². The summed E-state index contributed by atoms with van der Waals surface area (Å²) >= 11 is 3.40. The van der Waals surface area contributed by atoms with Crippen LogP contribution in [-0.4, -0.2) is 24.1 Å². The number of nitrogens with one attached hydrogen (secondary N) is 1. The van der Waals surface area contributed by atoms with Gasteiger partial charge in [-0.05, 0) is 47.0 Å². The molecule has 1 fully saturated rings. The standard InChI is InChI=1S/C14H16BrNO4/c1-7(8-3-4-12(20-2)11(15)5-8)16-13(17)9-6-10(9)14(18)19/h3-5,7,9-10H,6H2,1-2H3,(H,16,17)(H,18,19)/t7-,9-,10+/m0/s1. The van der Waals surface area contributed by atoms with E-state index in [1.165, 1.54) is 0 Å². The lowest BCUT2D eigenvalue weighted by molar-refractivity contribution is -0.140. The number of aliphatic carboxylic acids is 1. The third kappa shape index (κ3) is 3.12. The van der Waals surface area contributed by atoms with Crippen LogP contribution in [0.4, 0.5) is 0 Å². The van der Waals surface area contributed by atoms with Gasteiger partial charge in [0.1, 0.15) is 5.75 Å². The number of methoxy groups -OCH3 is 1. The summed E-state index contributed by atoms with van der Waals surface area (Å²) in [5.74, 6) is -1.29. The quantitative estimate of drug-likeness (QED) is 0.861. The minimum Gasteiger partial charge on any atom is -0.496 e. The first kappa shape index (κ1) is 14.8. The molecule has 5 nitrogen and oxygen atoms in total. The lowest BCUT2D eigenvalue weighted by Crippen LogP contribution is -2.29. The Morgan fingerprint density at radius 2 is 2.15 bits per heavy atom. The van der Waals surface area contributed by atoms with Crippen LogP contribution in [0.5, 0.6) is 5.75 Å². The molecule has 108 valence electrons. The molecule has 6 heteroatoms. The second-order valence-corrected chi connectivity index (χ2v) is 5.77. The molecule has 0 aromatic heterocycles. The van der Waals surface area contributed by atoms with Crippen molar-refractivity contribution in [2.45, 2.75) is 19.4 Å². The van der Waals surface area contributed by atoms with E-state index < -0.39 is 17.8 Å². The topological polar surface area (TPSA) is 75.6 Å². The Balaban J connectivity index is 1.98. The number of carboxylic acids is 1. The third-order valence-electron chi connectivity index (χ3n) is 3.48. The van der Waals surface area contributed by atoms with Gasteiger partial charge in [0.25, 0.3) is 0 Å². The molecular weight excluding hydrogens is 326 g/mol. The van der Waals surface area contributed by atoms with Crippen LogP contribution in [-0.2, 0) is 9.59 Å². The normalized spacial score (nSPS) is 21.9. The van der Waals surface area contributed by atoms with Gasteiger partial charge in [-0.15, -0.1) is 0 Å². The van der Waals surface area contributed by atoms with Crippen LogP contribution >= 0.6 is 15.9 Å². The molecule has 0 aliphatic heterocycles. The van der Waals surface area contributed by atoms with Crippen LogP contribution in [0.2, 0.25) is 0 Å². The SMILES string of the molecule is COc1ccc([C@H](C)NC(=O)[C@H]2C[C@H]2C(=O)O)cc1Br. The Morgan fingerprint density at radius 1 is 1.45 bits per heavy atom. The van der Waals surface area contributed by atoms with Crippen molar-refractivity contribution in [2.75, 3.05) is 7.11 Å². The maximum Gasteiger partial charge on any atom is 0.307 e. The van der Waals surface area contributed by atoms with Gasteiger partial charge in [0.15, 0.2) is 0 Å². The lowest BCUT2D eigenvalue weighted by Gasteiger charge is -2.15. The van der Waals surface area contributed by atoms with Crippen molar-refractivity contribution in [3.05, 3.63) is 28.2 Å². The van der Waals surface area contributed by atoms with Crippen LogP contribution < -0.4 is 10.1 Å². The second kappa shape index (κ2) is 5.83. The number of halogens is 1. The highest BCUT2D eigenvalue weighted by Gasteiger charge is 2.48. The van der Waals surface area contributed by atoms with Gasteiger partial charge in [0.2, 0.25) is 5.91 Å². The number of rotatable bonds is 5. The molecule has 1 aromatic carbocycles. The van der Waals surface area contributed by atoms with Gasteiger partial charge in [-0.25, -0.2) is 0 Å². The van der Waals surface area contributed by atoms with Crippen LogP contribution in [0.3, 0.4) is 0 Å². The zero-order valence-corrected chi connectivity index (χ0v) is 12.8. The molecule has 3 atom stereocenters. The van der Waals surface area contributed by atoms with Gasteiger partial charge < -0.3 is 15.2 Å². The van der Waals surface area contributed by atoms with Gasteiger partial charge in [-0.2, -0.15) is 0 Å². The maximum absolute atomic E-state index is 11.9. The average molecular weight is 342 g/mol. The number of carbonyl (C=O) groups is 2. The minimum absolute atomic E-state index is 0.181. The highest BCUT2D eigenvalue weighted by molar-refractivity contribution is 9.10. The van der Waals surface area contributed by atoms with Gasteiger partial charge in [-0.1, -0.05) is 6.07 Å². The largest absolute Gasteiger partial charge is 0.496 e. The fourth-order valence-corrected chi connectivity index (χ4v) is 2.67. The van der Waals surface area contributed by atoms with Gasteiger partial charge in [0.05, 0.1) is 29.5 Å². The lowest BCUT2D eigenvalue weighted by atomic mass is 10.1. The summed E-state index contributed by atoms with van der Waals surface area (Å²) in [5, 5.41) is 11.7. The highest BCUT2D eigenvalue weighted by Crippen LogP contribution is 2.39. The zero-order valence-electron chi connectivity index (χ0n) is 11.2. The van der Waals surface area contributed by atoms with Gasteiger partial charge in [0, 0.05) is 0 Å². The fourth-order valence-electron chi connectivity index (χ4n) is 2.11. The average Bonchev–Trinajstić information content (AvgIpc) is 3.18. The molecule has 1 amide bonds. The number of hydrogen-bond acceptors (Lipinski definition) is 3. The first-order chi connectivity index (χ1) is 9.43. The number of carboxylic acid groups (broad SMARTS) is 1. The number of amides is 1. The fraction of sp³-hybridized carbons (Fsp3) is 0.429. The Kier molecular flexibility index (Phi) is 4.32. The molecule has 1 saturated carbocycles. The molecule has 0 spiro atoms. The summed E-state index contributed by atoms with van der Waals surface area (Å²) in [6, 6.07) is 5.39. The number of ether oxygens (including phenoxy) is 1. The van der Waals surface area contributed by atoms with E-state index >= 15 is 0 Å². The molecular formula is C14H16BrNO4. The monoisotopic (exact) mass is 341 g/mol. The summed E-state index contributed by atoms with van der Waals surface area (Å²) in [7, 11) is 1.59. The van der Waals surface area contributed by atoms with E-state index in [2.05, 4.69) is 21.2 Å². The maximum atomic E-state index is 11.9. The molecule has 0 radical (unpaired) electrons. The summed E-state index contributed by atoms with van der Waals surface area (Å²) in [4.78, 5) is 22.6. The summed E-state index contributed by atoms with van der Waals surface area (Å²) in [5.41, 5.74) is 0.929. The number of carbonyl (C=O) groups excluding carboxylic acids is 1. The predicted molar refractivity (Wildman–Crippen MR) is 76.5 cm³/mol. The molecule has 20 heavy (non-hydrogen) atoms. The van der Waals surface area contributed by atoms with Crippen molar-refractivity contribution in [2.24, 2.45) is 11.8 Å². The van der Waals surface area contributed by atoms with Gasteiger partial charge >= 0.3 is 5.97 Å². The van der Waals surface area contributed by atoms with E-state index in [0.29, 0.717) is 6.42 Å². The van der Waals surface area contributed by atoms with Crippen LogP contribution in [0.25, 0.3) is 0 Å². The van der Waals surface area contributed by atoms with Crippen LogP contribution in [0, 0.1) is 11.8 Å². The third-order valence-corrected chi connectivity index (χ3v) is 4.10. The van der Waals surface area contributed by atoms with E-state index in [1.54, 1.807) is 7.11 Å². The van der Waals surface area contributed by atoms with Crippen molar-refractivity contribution in [1.29, 1.82) is 0 Å². The van der Waals surface area contributed by atoms with E-state index in [-0.39, 0.29) is 11.9 Å². The second-order valence-electron chi connectivity index (χ2n) is 4.91. The van der Waals surface area contributed by atoms with E-state index in [0.717, 1.165) is 15.8 Å². The minimum atomic E-state index is -0.898. The Bertz CT molecular complexity index is 546. The summed E-state index contributed by atoms with van der Waals surface area (Å²) in [6.45, 7) is 1.87. The van der Waals surface area contributed by atoms with Crippen LogP contribution in [0.15, 0.2) is 22.7 Å². The molecule has 0 saturated heterocycles. The van der Waals surface area contributed by atoms with Crippen molar-refractivity contribution in [3.63, 3.8) is 0 Å². The number of benzene rings is 1. The van der Waals surface area contributed by atoms with Crippen molar-refractivity contribution in [3.8, 4) is 5.75 Å². The molecule has 0 heterocycles. The van der Waals surface area contributed by atoms with Crippen molar-refractivity contribution < 1.29 is 19.4 Å². The molecule has 1 aromatic rings. The molecule has 0 unspecified atom stereocenters.